The lowest BCUT2D eigenvalue weighted by molar-refractivity contribution is -0.141. The third kappa shape index (κ3) is 3.88. The molecule has 25 heavy (non-hydrogen) atoms. The summed E-state index contributed by atoms with van der Waals surface area (Å²) in [5, 5.41) is 2.70. The average molecular weight is 362 g/mol. The smallest absolute Gasteiger partial charge is 0.340 e. The van der Waals surface area contributed by atoms with Crippen molar-refractivity contribution in [3.63, 3.8) is 0 Å². The highest BCUT2D eigenvalue weighted by atomic mass is 32.1. The summed E-state index contributed by atoms with van der Waals surface area (Å²) in [5.74, 6) is -0.799. The summed E-state index contributed by atoms with van der Waals surface area (Å²) >= 11 is 0.674. The normalized spacial score (nSPS) is 11.5. The molecule has 0 saturated carbocycles. The van der Waals surface area contributed by atoms with Crippen LogP contribution >= 0.6 is 11.3 Å². The monoisotopic (exact) mass is 362 g/mol. The van der Waals surface area contributed by atoms with Crippen molar-refractivity contribution in [2.75, 3.05) is 0 Å². The zero-order valence-electron chi connectivity index (χ0n) is 12.8. The largest absolute Gasteiger partial charge is 0.434 e. The van der Waals surface area contributed by atoms with E-state index in [1.54, 1.807) is 0 Å². The predicted molar refractivity (Wildman–Crippen MR) is 89.3 cm³/mol. The Bertz CT molecular complexity index is 808. The number of hydrogen-bond donors (Lipinski definition) is 1. The van der Waals surface area contributed by atoms with Gasteiger partial charge in [-0.25, -0.2) is 4.98 Å². The summed E-state index contributed by atoms with van der Waals surface area (Å²) in [4.78, 5) is 15.3. The van der Waals surface area contributed by atoms with Crippen LogP contribution in [0.2, 0.25) is 0 Å². The van der Waals surface area contributed by atoms with Crippen LogP contribution in [0.3, 0.4) is 0 Å². The minimum absolute atomic E-state index is 0.440. The minimum Gasteiger partial charge on any atom is -0.340 e. The Labute approximate surface area is 146 Å². The van der Waals surface area contributed by atoms with Crippen LogP contribution in [-0.4, -0.2) is 10.9 Å². The first-order chi connectivity index (χ1) is 12.0. The summed E-state index contributed by atoms with van der Waals surface area (Å²) in [6.45, 7) is 0. The maximum absolute atomic E-state index is 13.0. The molecule has 7 heteroatoms. The minimum atomic E-state index is -4.67. The van der Waals surface area contributed by atoms with Crippen molar-refractivity contribution < 1.29 is 18.0 Å². The number of aromatic nitrogens is 1. The first kappa shape index (κ1) is 17.2. The molecule has 3 nitrogen and oxygen atoms in total. The Morgan fingerprint density at radius 1 is 0.960 bits per heavy atom. The molecule has 0 unspecified atom stereocenters. The second-order valence-electron chi connectivity index (χ2n) is 5.26. The molecule has 1 heterocycles. The van der Waals surface area contributed by atoms with Gasteiger partial charge in [-0.2, -0.15) is 13.2 Å². The summed E-state index contributed by atoms with van der Waals surface area (Å²) in [6.07, 6.45) is -4.67. The number of alkyl halides is 3. The summed E-state index contributed by atoms with van der Waals surface area (Å²) in [6, 6.07) is 17.6. The van der Waals surface area contributed by atoms with Crippen molar-refractivity contribution in [1.82, 2.24) is 10.3 Å². The SMILES string of the molecule is O=C(NC(c1ccccc1)c1ccccc1)c1scnc1C(F)(F)F. The zero-order chi connectivity index (χ0) is 17.9. The number of thiazole rings is 1. The first-order valence-electron chi connectivity index (χ1n) is 7.38. The van der Waals surface area contributed by atoms with E-state index >= 15 is 0 Å². The van der Waals surface area contributed by atoms with E-state index in [9.17, 15) is 18.0 Å². The number of halogens is 3. The number of nitrogens with zero attached hydrogens (tertiary/aromatic N) is 1. The molecule has 0 spiro atoms. The molecule has 1 aromatic heterocycles. The molecule has 3 rings (SSSR count). The van der Waals surface area contributed by atoms with Gasteiger partial charge in [0.1, 0.15) is 4.88 Å². The number of hydrogen-bond acceptors (Lipinski definition) is 3. The van der Waals surface area contributed by atoms with Crippen LogP contribution in [0.1, 0.15) is 32.5 Å². The van der Waals surface area contributed by atoms with Crippen molar-refractivity contribution in [1.29, 1.82) is 0 Å². The molecule has 3 aromatic rings. The highest BCUT2D eigenvalue weighted by Gasteiger charge is 2.38. The molecular formula is C18H13F3N2OS. The van der Waals surface area contributed by atoms with Crippen molar-refractivity contribution in [3.8, 4) is 0 Å². The first-order valence-corrected chi connectivity index (χ1v) is 8.26. The third-order valence-corrected chi connectivity index (χ3v) is 4.41. The molecule has 2 aromatic carbocycles. The van der Waals surface area contributed by atoms with Crippen molar-refractivity contribution in [2.24, 2.45) is 0 Å². The quantitative estimate of drug-likeness (QED) is 0.732. The molecule has 0 aliphatic rings. The maximum atomic E-state index is 13.0. The maximum Gasteiger partial charge on any atom is 0.434 e. The lowest BCUT2D eigenvalue weighted by Crippen LogP contribution is -2.30. The van der Waals surface area contributed by atoms with Crippen LogP contribution in [0.25, 0.3) is 0 Å². The summed E-state index contributed by atoms with van der Waals surface area (Å²) in [7, 11) is 0. The van der Waals surface area contributed by atoms with Crippen molar-refractivity contribution >= 4 is 17.2 Å². The van der Waals surface area contributed by atoms with Gasteiger partial charge in [0.05, 0.1) is 11.6 Å². The number of nitrogens with one attached hydrogen (secondary N) is 1. The lowest BCUT2D eigenvalue weighted by Gasteiger charge is -2.20. The molecule has 0 aliphatic carbocycles. The van der Waals surface area contributed by atoms with E-state index in [1.807, 2.05) is 60.7 Å². The molecule has 1 amide bonds. The van der Waals surface area contributed by atoms with Gasteiger partial charge in [0.2, 0.25) is 0 Å². The number of amides is 1. The molecule has 128 valence electrons. The van der Waals surface area contributed by atoms with E-state index in [1.165, 1.54) is 0 Å². The molecule has 0 radical (unpaired) electrons. The van der Waals surface area contributed by atoms with Gasteiger partial charge in [0, 0.05) is 0 Å². The molecule has 0 saturated heterocycles. The topological polar surface area (TPSA) is 42.0 Å². The van der Waals surface area contributed by atoms with E-state index in [2.05, 4.69) is 10.3 Å². The van der Waals surface area contributed by atoms with Gasteiger partial charge in [0.25, 0.3) is 5.91 Å². The van der Waals surface area contributed by atoms with Crippen molar-refractivity contribution in [3.05, 3.63) is 87.9 Å². The molecular weight excluding hydrogens is 349 g/mol. The molecule has 0 fully saturated rings. The Morgan fingerprint density at radius 2 is 1.48 bits per heavy atom. The standard InChI is InChI=1S/C18H13F3N2OS/c19-18(20,21)16-15(25-11-22-16)17(24)23-14(12-7-3-1-4-8-12)13-9-5-2-6-10-13/h1-11,14H,(H,23,24). The number of rotatable bonds is 4. The van der Waals surface area contributed by atoms with Gasteiger partial charge < -0.3 is 5.32 Å². The second kappa shape index (κ2) is 7.06. The second-order valence-corrected chi connectivity index (χ2v) is 6.11. The lowest BCUT2D eigenvalue weighted by atomic mass is 9.98. The fraction of sp³-hybridized carbons (Fsp3) is 0.111. The van der Waals surface area contributed by atoms with Crippen LogP contribution in [0.4, 0.5) is 13.2 Å². The Hall–Kier alpha value is -2.67. The van der Waals surface area contributed by atoms with Crippen LogP contribution < -0.4 is 5.32 Å². The summed E-state index contributed by atoms with van der Waals surface area (Å²) < 4.78 is 39.0. The Balaban J connectivity index is 1.94. The Kier molecular flexibility index (Phi) is 4.85. The van der Waals surface area contributed by atoms with E-state index in [-0.39, 0.29) is 0 Å². The average Bonchev–Trinajstić information content (AvgIpc) is 3.11. The highest BCUT2D eigenvalue weighted by Crippen LogP contribution is 2.33. The summed E-state index contributed by atoms with van der Waals surface area (Å²) in [5.41, 5.74) is 1.42. The fourth-order valence-electron chi connectivity index (χ4n) is 2.46. The van der Waals surface area contributed by atoms with Crippen LogP contribution in [0, 0.1) is 0 Å². The van der Waals surface area contributed by atoms with Gasteiger partial charge in [-0.05, 0) is 11.1 Å². The van der Waals surface area contributed by atoms with Gasteiger partial charge in [-0.15, -0.1) is 11.3 Å². The zero-order valence-corrected chi connectivity index (χ0v) is 13.6. The van der Waals surface area contributed by atoms with Crippen molar-refractivity contribution in [2.45, 2.75) is 12.2 Å². The fourth-order valence-corrected chi connectivity index (χ4v) is 3.17. The number of carbonyl (C=O) groups is 1. The van der Waals surface area contributed by atoms with Gasteiger partial charge in [-0.3, -0.25) is 4.79 Å². The van der Waals surface area contributed by atoms with Gasteiger partial charge in [-0.1, -0.05) is 60.7 Å². The highest BCUT2D eigenvalue weighted by molar-refractivity contribution is 7.11. The predicted octanol–water partition coefficient (Wildman–Crippen LogP) is 4.68. The van der Waals surface area contributed by atoms with Gasteiger partial charge in [0.15, 0.2) is 5.69 Å². The molecule has 0 aliphatic heterocycles. The number of carbonyl (C=O) groups excluding carboxylic acids is 1. The van der Waals surface area contributed by atoms with Gasteiger partial charge >= 0.3 is 6.18 Å². The third-order valence-electron chi connectivity index (χ3n) is 3.58. The van der Waals surface area contributed by atoms with Crippen LogP contribution in [-0.2, 0) is 6.18 Å². The molecule has 0 bridgehead atoms. The number of benzene rings is 2. The van der Waals surface area contributed by atoms with E-state index in [0.717, 1.165) is 16.6 Å². The van der Waals surface area contributed by atoms with E-state index in [4.69, 9.17) is 0 Å². The van der Waals surface area contributed by atoms with Crippen LogP contribution in [0.5, 0.6) is 0 Å². The molecule has 0 atom stereocenters. The van der Waals surface area contributed by atoms with Crippen LogP contribution in [0.15, 0.2) is 66.2 Å². The molecule has 1 N–H and O–H groups in total. The van der Waals surface area contributed by atoms with E-state index in [0.29, 0.717) is 11.3 Å². The Morgan fingerprint density at radius 3 is 1.96 bits per heavy atom. The van der Waals surface area contributed by atoms with E-state index < -0.39 is 28.7 Å².